The standard InChI is InChI=1S/C15H24N4OS/c1-4-7-16-15-17-13(19(5-2)8-6-9-20)12-10-11(3)21-14(12)18-15/h10,20H,4-9H2,1-3H3,(H,16,17,18). The van der Waals surface area contributed by atoms with E-state index in [4.69, 9.17) is 10.1 Å². The summed E-state index contributed by atoms with van der Waals surface area (Å²) in [5, 5.41) is 13.5. The first kappa shape index (κ1) is 16.0. The average molecular weight is 308 g/mol. The van der Waals surface area contributed by atoms with Crippen LogP contribution in [-0.4, -0.2) is 41.3 Å². The van der Waals surface area contributed by atoms with Crippen LogP contribution in [0, 0.1) is 6.92 Å². The smallest absolute Gasteiger partial charge is 0.226 e. The zero-order valence-electron chi connectivity index (χ0n) is 13.0. The van der Waals surface area contributed by atoms with Gasteiger partial charge < -0.3 is 15.3 Å². The molecule has 0 amide bonds. The van der Waals surface area contributed by atoms with E-state index >= 15 is 0 Å². The van der Waals surface area contributed by atoms with Crippen molar-refractivity contribution in [2.75, 3.05) is 36.5 Å². The largest absolute Gasteiger partial charge is 0.396 e. The van der Waals surface area contributed by atoms with Crippen molar-refractivity contribution in [2.45, 2.75) is 33.6 Å². The Balaban J connectivity index is 2.41. The van der Waals surface area contributed by atoms with Crippen LogP contribution in [0.25, 0.3) is 10.2 Å². The molecule has 0 saturated heterocycles. The molecule has 0 aliphatic heterocycles. The molecule has 0 aliphatic carbocycles. The van der Waals surface area contributed by atoms with E-state index in [9.17, 15) is 0 Å². The summed E-state index contributed by atoms with van der Waals surface area (Å²) in [4.78, 5) is 13.8. The van der Waals surface area contributed by atoms with Gasteiger partial charge in [-0.1, -0.05) is 6.92 Å². The van der Waals surface area contributed by atoms with Crippen LogP contribution in [0.4, 0.5) is 11.8 Å². The Hall–Kier alpha value is -1.40. The van der Waals surface area contributed by atoms with Gasteiger partial charge in [-0.05, 0) is 32.8 Å². The molecule has 0 bridgehead atoms. The van der Waals surface area contributed by atoms with Gasteiger partial charge >= 0.3 is 0 Å². The minimum Gasteiger partial charge on any atom is -0.396 e. The first-order chi connectivity index (χ1) is 10.2. The zero-order valence-corrected chi connectivity index (χ0v) is 13.8. The van der Waals surface area contributed by atoms with E-state index < -0.39 is 0 Å². The molecule has 21 heavy (non-hydrogen) atoms. The average Bonchev–Trinajstić information content (AvgIpc) is 2.86. The number of aryl methyl sites for hydroxylation is 1. The molecule has 0 atom stereocenters. The summed E-state index contributed by atoms with van der Waals surface area (Å²) in [6, 6.07) is 2.15. The third kappa shape index (κ3) is 3.83. The van der Waals surface area contributed by atoms with Gasteiger partial charge in [0.1, 0.15) is 10.6 Å². The molecule has 0 unspecified atom stereocenters. The van der Waals surface area contributed by atoms with Crippen LogP contribution < -0.4 is 10.2 Å². The zero-order chi connectivity index (χ0) is 15.2. The SMILES string of the molecule is CCCNc1nc(N(CC)CCCO)c2cc(C)sc2n1. The van der Waals surface area contributed by atoms with Crippen molar-refractivity contribution in [3.63, 3.8) is 0 Å². The molecule has 6 heteroatoms. The van der Waals surface area contributed by atoms with Gasteiger partial charge in [-0.25, -0.2) is 4.98 Å². The predicted molar refractivity (Wildman–Crippen MR) is 90.5 cm³/mol. The quantitative estimate of drug-likeness (QED) is 0.785. The van der Waals surface area contributed by atoms with E-state index in [1.807, 2.05) is 0 Å². The van der Waals surface area contributed by atoms with Gasteiger partial charge in [0, 0.05) is 31.1 Å². The second-order valence-corrected chi connectivity index (χ2v) is 6.27. The Bertz CT molecular complexity index is 584. The lowest BCUT2D eigenvalue weighted by molar-refractivity contribution is 0.289. The van der Waals surface area contributed by atoms with Crippen molar-refractivity contribution >= 4 is 33.3 Å². The fraction of sp³-hybridized carbons (Fsp3) is 0.600. The second-order valence-electron chi connectivity index (χ2n) is 5.03. The summed E-state index contributed by atoms with van der Waals surface area (Å²) in [6.07, 6.45) is 1.79. The van der Waals surface area contributed by atoms with Crippen LogP contribution in [0.5, 0.6) is 0 Å². The number of hydrogen-bond donors (Lipinski definition) is 2. The molecule has 2 rings (SSSR count). The van der Waals surface area contributed by atoms with Crippen molar-refractivity contribution in [3.8, 4) is 0 Å². The Morgan fingerprint density at radius 3 is 2.81 bits per heavy atom. The highest BCUT2D eigenvalue weighted by Crippen LogP contribution is 2.31. The number of nitrogens with zero attached hydrogens (tertiary/aromatic N) is 3. The highest BCUT2D eigenvalue weighted by molar-refractivity contribution is 7.18. The Labute approximate surface area is 130 Å². The van der Waals surface area contributed by atoms with Gasteiger partial charge in [-0.3, -0.25) is 0 Å². The molecule has 2 aromatic rings. The molecule has 0 aromatic carbocycles. The van der Waals surface area contributed by atoms with E-state index in [1.165, 1.54) is 4.88 Å². The van der Waals surface area contributed by atoms with Crippen molar-refractivity contribution in [1.29, 1.82) is 0 Å². The molecule has 0 fully saturated rings. The lowest BCUT2D eigenvalue weighted by Gasteiger charge is -2.22. The first-order valence-electron chi connectivity index (χ1n) is 7.57. The molecule has 0 radical (unpaired) electrons. The van der Waals surface area contributed by atoms with Gasteiger partial charge in [-0.15, -0.1) is 11.3 Å². The monoisotopic (exact) mass is 308 g/mol. The summed E-state index contributed by atoms with van der Waals surface area (Å²) in [6.45, 7) is 9.09. The minimum absolute atomic E-state index is 0.203. The van der Waals surface area contributed by atoms with Crippen LogP contribution in [0.1, 0.15) is 31.6 Å². The predicted octanol–water partition coefficient (Wildman–Crippen LogP) is 3.03. The Morgan fingerprint density at radius 2 is 2.14 bits per heavy atom. The lowest BCUT2D eigenvalue weighted by Crippen LogP contribution is -2.26. The van der Waals surface area contributed by atoms with E-state index in [1.54, 1.807) is 11.3 Å². The number of fused-ring (bicyclic) bond motifs is 1. The highest BCUT2D eigenvalue weighted by atomic mass is 32.1. The molecule has 2 aromatic heterocycles. The number of aliphatic hydroxyl groups excluding tert-OH is 1. The summed E-state index contributed by atoms with van der Waals surface area (Å²) in [7, 11) is 0. The van der Waals surface area contributed by atoms with E-state index in [0.717, 1.165) is 48.5 Å². The molecule has 2 N–H and O–H groups in total. The van der Waals surface area contributed by atoms with E-state index in [-0.39, 0.29) is 6.61 Å². The first-order valence-corrected chi connectivity index (χ1v) is 8.39. The van der Waals surface area contributed by atoms with Crippen LogP contribution >= 0.6 is 11.3 Å². The van der Waals surface area contributed by atoms with Crippen molar-refractivity contribution in [1.82, 2.24) is 9.97 Å². The van der Waals surface area contributed by atoms with Crippen LogP contribution in [0.2, 0.25) is 0 Å². The summed E-state index contributed by atoms with van der Waals surface area (Å²) in [5.74, 6) is 1.67. The number of nitrogens with one attached hydrogen (secondary N) is 1. The van der Waals surface area contributed by atoms with Gasteiger partial charge in [0.25, 0.3) is 0 Å². The van der Waals surface area contributed by atoms with Gasteiger partial charge in [0.2, 0.25) is 5.95 Å². The molecule has 2 heterocycles. The van der Waals surface area contributed by atoms with Crippen molar-refractivity contribution in [2.24, 2.45) is 0 Å². The fourth-order valence-corrected chi connectivity index (χ4v) is 3.13. The maximum absolute atomic E-state index is 9.08. The van der Waals surface area contributed by atoms with Gasteiger partial charge in [0.05, 0.1) is 5.39 Å². The molecular formula is C15H24N4OS. The third-order valence-corrected chi connectivity index (χ3v) is 4.24. The van der Waals surface area contributed by atoms with Crippen LogP contribution in [0.15, 0.2) is 6.07 Å². The van der Waals surface area contributed by atoms with Gasteiger partial charge in [-0.2, -0.15) is 4.98 Å². The topological polar surface area (TPSA) is 61.3 Å². The number of aromatic nitrogens is 2. The van der Waals surface area contributed by atoms with Crippen molar-refractivity contribution < 1.29 is 5.11 Å². The van der Waals surface area contributed by atoms with E-state index in [2.05, 4.69) is 42.0 Å². The number of hydrogen-bond acceptors (Lipinski definition) is 6. The summed E-state index contributed by atoms with van der Waals surface area (Å²) < 4.78 is 0. The molecule has 116 valence electrons. The minimum atomic E-state index is 0.203. The van der Waals surface area contributed by atoms with Crippen LogP contribution in [0.3, 0.4) is 0 Å². The number of aliphatic hydroxyl groups is 1. The maximum atomic E-state index is 9.08. The normalized spacial score (nSPS) is 11.0. The molecule has 0 aliphatic rings. The number of anilines is 2. The highest BCUT2D eigenvalue weighted by Gasteiger charge is 2.15. The van der Waals surface area contributed by atoms with Gasteiger partial charge in [0.15, 0.2) is 0 Å². The van der Waals surface area contributed by atoms with Crippen molar-refractivity contribution in [3.05, 3.63) is 10.9 Å². The maximum Gasteiger partial charge on any atom is 0.226 e. The Kier molecular flexibility index (Phi) is 5.76. The summed E-state index contributed by atoms with van der Waals surface area (Å²) in [5.41, 5.74) is 0. The molecule has 0 spiro atoms. The third-order valence-electron chi connectivity index (χ3n) is 3.30. The molecule has 0 saturated carbocycles. The molecule has 5 nitrogen and oxygen atoms in total. The Morgan fingerprint density at radius 1 is 1.33 bits per heavy atom. The summed E-state index contributed by atoms with van der Waals surface area (Å²) >= 11 is 1.70. The fourth-order valence-electron chi connectivity index (χ4n) is 2.26. The second kappa shape index (κ2) is 7.56. The van der Waals surface area contributed by atoms with E-state index in [0.29, 0.717) is 5.95 Å². The lowest BCUT2D eigenvalue weighted by atomic mass is 10.3. The van der Waals surface area contributed by atoms with Crippen LogP contribution in [-0.2, 0) is 0 Å². The molecular weight excluding hydrogens is 284 g/mol. The number of rotatable bonds is 8. The number of thiophene rings is 1.